The molecule has 0 bridgehead atoms. The summed E-state index contributed by atoms with van der Waals surface area (Å²) in [5.41, 5.74) is 16.4. The number of hydrogen-bond donors (Lipinski definition) is 8. The molecule has 3 unspecified atom stereocenters. The Balaban J connectivity index is 2.91. The van der Waals surface area contributed by atoms with Gasteiger partial charge in [0.1, 0.15) is 18.1 Å². The van der Waals surface area contributed by atoms with E-state index in [2.05, 4.69) is 25.9 Å². The van der Waals surface area contributed by atoms with Gasteiger partial charge in [-0.15, -0.1) is 0 Å². The van der Waals surface area contributed by atoms with E-state index in [4.69, 9.17) is 17.2 Å². The molecule has 0 saturated heterocycles. The zero-order chi connectivity index (χ0) is 24.1. The molecule has 0 aromatic carbocycles. The van der Waals surface area contributed by atoms with Gasteiger partial charge in [-0.25, -0.2) is 9.78 Å². The summed E-state index contributed by atoms with van der Waals surface area (Å²) in [6, 6.07) is -3.83. The first-order valence-electron chi connectivity index (χ1n) is 9.96. The van der Waals surface area contributed by atoms with Crippen molar-refractivity contribution in [1.29, 1.82) is 0 Å². The molecule has 1 rings (SSSR count). The quantitative estimate of drug-likeness (QED) is 0.122. The SMILES string of the molecule is NCCCCC(NC(=O)CN)C(=O)NC(CC(N)=O)C(=O)NC(Cc1cnc[nH]1)C(=O)O. The van der Waals surface area contributed by atoms with Gasteiger partial charge in [-0.1, -0.05) is 0 Å². The molecule has 0 aliphatic carbocycles. The number of imidazole rings is 1. The van der Waals surface area contributed by atoms with E-state index in [1.54, 1.807) is 0 Å². The lowest BCUT2D eigenvalue weighted by molar-refractivity contribution is -0.142. The van der Waals surface area contributed by atoms with Crippen molar-refractivity contribution in [2.45, 2.75) is 50.2 Å². The van der Waals surface area contributed by atoms with Gasteiger partial charge in [-0.2, -0.15) is 0 Å². The number of carbonyl (C=O) groups is 5. The molecule has 0 radical (unpaired) electrons. The molecule has 1 heterocycles. The number of carbonyl (C=O) groups excluding carboxylic acids is 4. The summed E-state index contributed by atoms with van der Waals surface area (Å²) in [7, 11) is 0. The fourth-order valence-electron chi connectivity index (χ4n) is 2.79. The van der Waals surface area contributed by atoms with Crippen LogP contribution in [-0.2, 0) is 30.4 Å². The zero-order valence-electron chi connectivity index (χ0n) is 17.5. The smallest absolute Gasteiger partial charge is 0.326 e. The van der Waals surface area contributed by atoms with Crippen molar-refractivity contribution in [3.05, 3.63) is 18.2 Å². The van der Waals surface area contributed by atoms with Crippen LogP contribution in [0.2, 0.25) is 0 Å². The third-order valence-corrected chi connectivity index (χ3v) is 4.42. The second-order valence-corrected chi connectivity index (χ2v) is 7.02. The van der Waals surface area contributed by atoms with E-state index in [9.17, 15) is 29.1 Å². The lowest BCUT2D eigenvalue weighted by Crippen LogP contribution is -2.57. The van der Waals surface area contributed by atoms with Gasteiger partial charge in [-0.3, -0.25) is 19.2 Å². The molecular weight excluding hydrogens is 424 g/mol. The minimum Gasteiger partial charge on any atom is -0.480 e. The molecule has 4 amide bonds. The van der Waals surface area contributed by atoms with E-state index >= 15 is 0 Å². The Labute approximate surface area is 184 Å². The summed E-state index contributed by atoms with van der Waals surface area (Å²) in [4.78, 5) is 66.5. The predicted octanol–water partition coefficient (Wildman–Crippen LogP) is -3.55. The molecule has 0 saturated carbocycles. The van der Waals surface area contributed by atoms with Crippen molar-refractivity contribution in [1.82, 2.24) is 25.9 Å². The topological polar surface area (TPSA) is 248 Å². The van der Waals surface area contributed by atoms with Gasteiger partial charge < -0.3 is 43.2 Å². The number of hydrogen-bond acceptors (Lipinski definition) is 8. The van der Waals surface area contributed by atoms with E-state index < -0.39 is 54.1 Å². The maximum atomic E-state index is 12.7. The van der Waals surface area contributed by atoms with Gasteiger partial charge in [0.25, 0.3) is 0 Å². The molecular formula is C18H30N8O6. The van der Waals surface area contributed by atoms with E-state index in [1.165, 1.54) is 12.5 Å². The monoisotopic (exact) mass is 454 g/mol. The van der Waals surface area contributed by atoms with Crippen molar-refractivity contribution < 1.29 is 29.1 Å². The van der Waals surface area contributed by atoms with E-state index in [0.717, 1.165) is 0 Å². The van der Waals surface area contributed by atoms with Crippen molar-refractivity contribution >= 4 is 29.6 Å². The molecule has 3 atom stereocenters. The molecule has 32 heavy (non-hydrogen) atoms. The first-order valence-corrected chi connectivity index (χ1v) is 9.96. The summed E-state index contributed by atoms with van der Waals surface area (Å²) >= 11 is 0. The van der Waals surface area contributed by atoms with Gasteiger partial charge in [0.15, 0.2) is 0 Å². The number of aromatic amines is 1. The minimum absolute atomic E-state index is 0.105. The molecule has 1 aromatic heterocycles. The third-order valence-electron chi connectivity index (χ3n) is 4.42. The number of carboxylic acids is 1. The summed E-state index contributed by atoms with van der Waals surface area (Å²) in [6.45, 7) is 0.0402. The summed E-state index contributed by atoms with van der Waals surface area (Å²) in [6.07, 6.45) is 3.40. The van der Waals surface area contributed by atoms with Crippen molar-refractivity contribution in [3.8, 4) is 0 Å². The number of nitrogens with zero attached hydrogens (tertiary/aromatic N) is 1. The van der Waals surface area contributed by atoms with E-state index in [0.29, 0.717) is 25.1 Å². The number of nitrogens with one attached hydrogen (secondary N) is 4. The number of amides is 4. The third kappa shape index (κ3) is 9.53. The highest BCUT2D eigenvalue weighted by molar-refractivity contribution is 5.95. The van der Waals surface area contributed by atoms with Gasteiger partial charge >= 0.3 is 5.97 Å². The van der Waals surface area contributed by atoms with Gasteiger partial charge in [0.05, 0.1) is 19.3 Å². The first-order chi connectivity index (χ1) is 15.2. The fraction of sp³-hybridized carbons (Fsp3) is 0.556. The molecule has 14 heteroatoms. The van der Waals surface area contributed by atoms with Crippen LogP contribution in [0, 0.1) is 0 Å². The Kier molecular flexibility index (Phi) is 11.4. The van der Waals surface area contributed by atoms with E-state index in [1.807, 2.05) is 0 Å². The van der Waals surface area contributed by atoms with Crippen molar-refractivity contribution in [3.63, 3.8) is 0 Å². The first kappa shape index (κ1) is 26.5. The molecule has 178 valence electrons. The minimum atomic E-state index is -1.45. The van der Waals surface area contributed by atoms with Crippen LogP contribution >= 0.6 is 0 Å². The number of primary amides is 1. The molecule has 14 nitrogen and oxygen atoms in total. The van der Waals surface area contributed by atoms with Crippen LogP contribution in [0.5, 0.6) is 0 Å². The molecule has 0 aliphatic rings. The average molecular weight is 454 g/mol. The van der Waals surface area contributed by atoms with Crippen molar-refractivity contribution in [2.24, 2.45) is 17.2 Å². The molecule has 0 fully saturated rings. The second-order valence-electron chi connectivity index (χ2n) is 7.02. The number of rotatable bonds is 15. The number of aromatic nitrogens is 2. The highest BCUT2D eigenvalue weighted by atomic mass is 16.4. The highest BCUT2D eigenvalue weighted by Crippen LogP contribution is 2.04. The Bertz CT molecular complexity index is 784. The van der Waals surface area contributed by atoms with Crippen LogP contribution in [0.4, 0.5) is 0 Å². The standard InChI is InChI=1S/C18H30N8O6/c19-4-2-1-3-11(24-15(28)7-20)16(29)25-12(6-14(21)27)17(30)26-13(18(31)32)5-10-8-22-9-23-10/h8-9,11-13H,1-7,19-20H2,(H2,21,27)(H,22,23)(H,24,28)(H,25,29)(H,26,30)(H,31,32). The largest absolute Gasteiger partial charge is 0.480 e. The normalized spacial score (nSPS) is 13.4. The van der Waals surface area contributed by atoms with Crippen LogP contribution in [0.15, 0.2) is 12.5 Å². The van der Waals surface area contributed by atoms with Crippen LogP contribution < -0.4 is 33.2 Å². The molecule has 11 N–H and O–H groups in total. The lowest BCUT2D eigenvalue weighted by Gasteiger charge is -2.24. The van der Waals surface area contributed by atoms with E-state index in [-0.39, 0.29) is 19.4 Å². The summed E-state index contributed by atoms with van der Waals surface area (Å²) in [5, 5.41) is 16.5. The van der Waals surface area contributed by atoms with Gasteiger partial charge in [-0.05, 0) is 25.8 Å². The molecule has 0 spiro atoms. The lowest BCUT2D eigenvalue weighted by atomic mass is 10.1. The fourth-order valence-corrected chi connectivity index (χ4v) is 2.79. The predicted molar refractivity (Wildman–Crippen MR) is 111 cm³/mol. The Morgan fingerprint density at radius 2 is 1.66 bits per heavy atom. The highest BCUT2D eigenvalue weighted by Gasteiger charge is 2.30. The van der Waals surface area contributed by atoms with Crippen molar-refractivity contribution in [2.75, 3.05) is 13.1 Å². The second kappa shape index (κ2) is 13.7. The molecule has 1 aromatic rings. The van der Waals surface area contributed by atoms with Crippen LogP contribution in [-0.4, -0.2) is 75.9 Å². The number of carboxylic acid groups (broad SMARTS) is 1. The van der Waals surface area contributed by atoms with Crippen LogP contribution in [0.1, 0.15) is 31.4 Å². The van der Waals surface area contributed by atoms with Gasteiger partial charge in [0, 0.05) is 18.3 Å². The Hall–Kier alpha value is -3.52. The van der Waals surface area contributed by atoms with Crippen LogP contribution in [0.25, 0.3) is 0 Å². The summed E-state index contributed by atoms with van der Waals surface area (Å²) < 4.78 is 0. The van der Waals surface area contributed by atoms with Gasteiger partial charge in [0.2, 0.25) is 23.6 Å². The Morgan fingerprint density at radius 1 is 1.00 bits per heavy atom. The number of unbranched alkanes of at least 4 members (excludes halogenated alkanes) is 1. The number of nitrogens with two attached hydrogens (primary N) is 3. The number of H-pyrrole nitrogens is 1. The van der Waals surface area contributed by atoms with Crippen LogP contribution in [0.3, 0.4) is 0 Å². The summed E-state index contributed by atoms with van der Waals surface area (Å²) in [5.74, 6) is -4.47. The number of aliphatic carboxylic acids is 1. The molecule has 0 aliphatic heterocycles. The average Bonchev–Trinajstić information content (AvgIpc) is 3.24. The maximum absolute atomic E-state index is 12.7. The maximum Gasteiger partial charge on any atom is 0.326 e. The zero-order valence-corrected chi connectivity index (χ0v) is 17.5. The Morgan fingerprint density at radius 3 is 2.19 bits per heavy atom.